The number of benzene rings is 1. The molecule has 0 unspecified atom stereocenters. The quantitative estimate of drug-likeness (QED) is 0.721. The van der Waals surface area contributed by atoms with Crippen molar-refractivity contribution in [2.45, 2.75) is 31.3 Å². The molecule has 3 atom stereocenters. The lowest BCUT2D eigenvalue weighted by Gasteiger charge is -2.42. The largest absolute Gasteiger partial charge is 0.496 e. The van der Waals surface area contributed by atoms with Gasteiger partial charge in [0, 0.05) is 37.3 Å². The van der Waals surface area contributed by atoms with E-state index >= 15 is 0 Å². The van der Waals surface area contributed by atoms with Gasteiger partial charge in [-0.05, 0) is 61.6 Å². The zero-order chi connectivity index (χ0) is 17.4. The zero-order valence-electron chi connectivity index (χ0n) is 15.2. The van der Waals surface area contributed by atoms with Gasteiger partial charge in [-0.3, -0.25) is 0 Å². The predicted octanol–water partition coefficient (Wildman–Crippen LogP) is 4.50. The first-order valence-electron chi connectivity index (χ1n) is 9.43. The Morgan fingerprint density at radius 3 is 2.56 bits per heavy atom. The maximum absolute atomic E-state index is 6.26. The Hall–Kier alpha value is -1.03. The van der Waals surface area contributed by atoms with E-state index in [2.05, 4.69) is 17.1 Å². The normalized spacial score (nSPS) is 30.8. The first-order valence-corrected chi connectivity index (χ1v) is 9.81. The number of methoxy groups -OCH3 is 2. The van der Waals surface area contributed by atoms with E-state index in [1.54, 1.807) is 7.11 Å². The topological polar surface area (TPSA) is 21.7 Å². The van der Waals surface area contributed by atoms with Gasteiger partial charge in [0.15, 0.2) is 0 Å². The van der Waals surface area contributed by atoms with Gasteiger partial charge >= 0.3 is 0 Å². The van der Waals surface area contributed by atoms with E-state index in [9.17, 15) is 0 Å². The Balaban J connectivity index is 1.45. The van der Waals surface area contributed by atoms with Crippen molar-refractivity contribution in [2.24, 2.45) is 17.8 Å². The molecular weight excluding hydrogens is 334 g/mol. The van der Waals surface area contributed by atoms with Crippen LogP contribution in [0.25, 0.3) is 0 Å². The van der Waals surface area contributed by atoms with Gasteiger partial charge in [0.25, 0.3) is 0 Å². The van der Waals surface area contributed by atoms with Crippen LogP contribution in [0.4, 0.5) is 0 Å². The molecule has 136 valence electrons. The van der Waals surface area contributed by atoms with Gasteiger partial charge in [-0.2, -0.15) is 0 Å². The van der Waals surface area contributed by atoms with Crippen molar-refractivity contribution in [3.05, 3.63) is 40.9 Å². The van der Waals surface area contributed by atoms with Gasteiger partial charge in [0.2, 0.25) is 0 Å². The molecule has 1 saturated heterocycles. The third-order valence-corrected chi connectivity index (χ3v) is 6.85. The number of hydrogen-bond donors (Lipinski definition) is 0. The van der Waals surface area contributed by atoms with Gasteiger partial charge in [0.05, 0.1) is 12.7 Å². The monoisotopic (exact) mass is 361 g/mol. The summed E-state index contributed by atoms with van der Waals surface area (Å²) in [5.74, 6) is 3.41. The fourth-order valence-corrected chi connectivity index (χ4v) is 5.32. The number of halogens is 1. The molecule has 1 saturated carbocycles. The number of fused-ring (bicyclic) bond motifs is 2. The lowest BCUT2D eigenvalue weighted by molar-refractivity contribution is -0.0659. The highest BCUT2D eigenvalue weighted by atomic mass is 35.5. The van der Waals surface area contributed by atoms with Gasteiger partial charge in [-0.15, -0.1) is 0 Å². The number of nitrogens with zero attached hydrogens (tertiary/aromatic N) is 1. The summed E-state index contributed by atoms with van der Waals surface area (Å²) in [6, 6.07) is 5.84. The molecule has 1 aromatic carbocycles. The maximum atomic E-state index is 6.26. The summed E-state index contributed by atoms with van der Waals surface area (Å²) in [7, 11) is 3.53. The molecule has 1 aromatic rings. The third kappa shape index (κ3) is 3.22. The van der Waals surface area contributed by atoms with Crippen LogP contribution in [0.2, 0.25) is 5.02 Å². The predicted molar refractivity (Wildman–Crippen MR) is 101 cm³/mol. The van der Waals surface area contributed by atoms with E-state index in [0.717, 1.165) is 60.0 Å². The van der Waals surface area contributed by atoms with Gasteiger partial charge in [-0.25, -0.2) is 0 Å². The Morgan fingerprint density at radius 1 is 1.16 bits per heavy atom. The lowest BCUT2D eigenvalue weighted by atomic mass is 9.82. The van der Waals surface area contributed by atoms with Crippen LogP contribution in [0.1, 0.15) is 31.2 Å². The second-order valence-corrected chi connectivity index (χ2v) is 8.32. The minimum Gasteiger partial charge on any atom is -0.496 e. The number of piperidine rings is 1. The van der Waals surface area contributed by atoms with Crippen LogP contribution < -0.4 is 4.74 Å². The molecule has 2 bridgehead atoms. The summed E-state index contributed by atoms with van der Waals surface area (Å²) in [5, 5.41) is 0.739. The number of ether oxygens (including phenoxy) is 2. The number of rotatable bonds is 5. The average Bonchev–Trinajstić information content (AvgIpc) is 3.26. The Morgan fingerprint density at radius 2 is 1.96 bits per heavy atom. The second-order valence-electron chi connectivity index (χ2n) is 7.88. The molecule has 1 heterocycles. The van der Waals surface area contributed by atoms with Gasteiger partial charge in [0.1, 0.15) is 5.75 Å². The number of allylic oxidation sites excluding steroid dienone is 2. The highest BCUT2D eigenvalue weighted by Gasteiger charge is 2.41. The smallest absolute Gasteiger partial charge is 0.125 e. The Labute approximate surface area is 155 Å². The second kappa shape index (κ2) is 6.94. The van der Waals surface area contributed by atoms with E-state index in [1.165, 1.54) is 19.4 Å². The van der Waals surface area contributed by atoms with Crippen molar-refractivity contribution >= 4 is 11.6 Å². The molecular formula is C21H28ClNO2. The maximum Gasteiger partial charge on any atom is 0.125 e. The Kier molecular flexibility index (Phi) is 4.83. The molecule has 4 rings (SSSR count). The summed E-state index contributed by atoms with van der Waals surface area (Å²) in [4.78, 5) is 2.63. The molecule has 2 fully saturated rings. The molecule has 0 amide bonds. The summed E-state index contributed by atoms with van der Waals surface area (Å²) in [6.45, 7) is 3.38. The molecule has 0 spiro atoms. The van der Waals surface area contributed by atoms with E-state index in [0.29, 0.717) is 0 Å². The van der Waals surface area contributed by atoms with E-state index in [1.807, 2.05) is 25.3 Å². The van der Waals surface area contributed by atoms with Crippen molar-refractivity contribution < 1.29 is 9.47 Å². The fraction of sp³-hybridized carbons (Fsp3) is 0.619. The first kappa shape index (κ1) is 17.4. The Bertz CT molecular complexity index is 651. The van der Waals surface area contributed by atoms with Crippen LogP contribution >= 0.6 is 11.6 Å². The zero-order valence-corrected chi connectivity index (χ0v) is 16.0. The third-order valence-electron chi connectivity index (χ3n) is 6.62. The molecule has 25 heavy (non-hydrogen) atoms. The minimum atomic E-state index is -0.290. The van der Waals surface area contributed by atoms with Crippen LogP contribution in [0.5, 0.6) is 5.75 Å². The molecule has 3 aliphatic rings. The average molecular weight is 362 g/mol. The summed E-state index contributed by atoms with van der Waals surface area (Å²) >= 11 is 6.26. The van der Waals surface area contributed by atoms with Crippen LogP contribution in [-0.4, -0.2) is 38.8 Å². The van der Waals surface area contributed by atoms with Crippen LogP contribution in [-0.2, 0) is 10.3 Å². The van der Waals surface area contributed by atoms with Crippen molar-refractivity contribution in [3.63, 3.8) is 0 Å². The summed E-state index contributed by atoms with van der Waals surface area (Å²) < 4.78 is 11.6. The van der Waals surface area contributed by atoms with Crippen molar-refractivity contribution in [2.75, 3.05) is 33.9 Å². The molecule has 0 N–H and O–H groups in total. The van der Waals surface area contributed by atoms with Gasteiger partial charge in [-0.1, -0.05) is 23.8 Å². The van der Waals surface area contributed by atoms with E-state index < -0.39 is 0 Å². The minimum absolute atomic E-state index is 0.290. The van der Waals surface area contributed by atoms with Crippen LogP contribution in [0, 0.1) is 17.8 Å². The highest BCUT2D eigenvalue weighted by molar-refractivity contribution is 6.30. The molecule has 0 radical (unpaired) electrons. The number of likely N-dealkylation sites (tertiary alicyclic amines) is 1. The summed E-state index contributed by atoms with van der Waals surface area (Å²) in [5.41, 5.74) is 0.800. The van der Waals surface area contributed by atoms with E-state index in [-0.39, 0.29) is 5.60 Å². The van der Waals surface area contributed by atoms with Gasteiger partial charge < -0.3 is 14.4 Å². The van der Waals surface area contributed by atoms with Crippen molar-refractivity contribution in [3.8, 4) is 5.75 Å². The molecule has 4 heteroatoms. The molecule has 0 aromatic heterocycles. The van der Waals surface area contributed by atoms with Crippen molar-refractivity contribution in [1.82, 2.24) is 4.90 Å². The lowest BCUT2D eigenvalue weighted by Crippen LogP contribution is -2.45. The molecule has 3 nitrogen and oxygen atoms in total. The van der Waals surface area contributed by atoms with Crippen molar-refractivity contribution in [1.29, 1.82) is 0 Å². The summed E-state index contributed by atoms with van der Waals surface area (Å²) in [6.07, 6.45) is 9.63. The van der Waals surface area contributed by atoms with Crippen LogP contribution in [0.3, 0.4) is 0 Å². The molecule has 2 aliphatic carbocycles. The standard InChI is InChI=1S/C21H28ClNO2/c1-24-20-6-5-18(22)13-19(20)21(25-2)7-9-23(10-8-21)14-17-12-15-3-4-16(17)11-15/h3-6,13,15-17H,7-12,14H2,1-2H3/t15-,16-,17+/m0/s1. The SMILES string of the molecule is COc1ccc(Cl)cc1C1(OC)CCN(C[C@H]2C[C@H]3C=C[C@H]2C3)CC1. The van der Waals surface area contributed by atoms with E-state index in [4.69, 9.17) is 21.1 Å². The highest BCUT2D eigenvalue weighted by Crippen LogP contribution is 2.45. The van der Waals surface area contributed by atoms with Crippen LogP contribution in [0.15, 0.2) is 30.4 Å². The molecule has 1 aliphatic heterocycles. The first-order chi connectivity index (χ1) is 12.1. The number of hydrogen-bond acceptors (Lipinski definition) is 3. The fourth-order valence-electron chi connectivity index (χ4n) is 5.15.